The van der Waals surface area contributed by atoms with Crippen LogP contribution in [0.15, 0.2) is 0 Å². The lowest BCUT2D eigenvalue weighted by Crippen LogP contribution is -2.50. The number of amides is 1. The Hall–Kier alpha value is -1.14. The largest absolute Gasteiger partial charge is 0.467 e. The molecule has 1 heterocycles. The fourth-order valence-corrected chi connectivity index (χ4v) is 2.13. The van der Waals surface area contributed by atoms with Crippen LogP contribution in [0.5, 0.6) is 0 Å². The summed E-state index contributed by atoms with van der Waals surface area (Å²) >= 11 is 0. The van der Waals surface area contributed by atoms with E-state index in [1.807, 2.05) is 7.05 Å². The maximum atomic E-state index is 11.6. The molecule has 0 aromatic rings. The van der Waals surface area contributed by atoms with Gasteiger partial charge in [-0.05, 0) is 19.9 Å². The molecule has 6 heteroatoms. The first-order valence-electron chi connectivity index (χ1n) is 6.17. The van der Waals surface area contributed by atoms with Gasteiger partial charge in [-0.3, -0.25) is 4.79 Å². The monoisotopic (exact) mass is 258 g/mol. The summed E-state index contributed by atoms with van der Waals surface area (Å²) in [6.45, 7) is 3.34. The number of methoxy groups -OCH3 is 1. The van der Waals surface area contributed by atoms with Crippen LogP contribution in [0, 0.1) is 0 Å². The number of esters is 1. The van der Waals surface area contributed by atoms with Crippen molar-refractivity contribution in [2.75, 3.05) is 33.9 Å². The maximum Gasteiger partial charge on any atom is 0.329 e. The van der Waals surface area contributed by atoms with Gasteiger partial charge < -0.3 is 19.7 Å². The molecule has 1 aliphatic heterocycles. The van der Waals surface area contributed by atoms with Crippen molar-refractivity contribution in [3.05, 3.63) is 0 Å². The highest BCUT2D eigenvalue weighted by molar-refractivity contribution is 5.83. The molecule has 0 radical (unpaired) electrons. The Kier molecular flexibility index (Phi) is 6.07. The second kappa shape index (κ2) is 7.33. The van der Waals surface area contributed by atoms with Crippen LogP contribution in [0.4, 0.5) is 0 Å². The SMILES string of the molecule is COC(=O)C(CN(C)C1CCOCC1)NC(C)=O. The van der Waals surface area contributed by atoms with E-state index in [0.29, 0.717) is 12.6 Å². The van der Waals surface area contributed by atoms with E-state index in [1.165, 1.54) is 14.0 Å². The molecule has 104 valence electrons. The molecule has 1 N–H and O–H groups in total. The van der Waals surface area contributed by atoms with Gasteiger partial charge in [-0.1, -0.05) is 0 Å². The lowest BCUT2D eigenvalue weighted by Gasteiger charge is -2.33. The summed E-state index contributed by atoms with van der Waals surface area (Å²) in [6.07, 6.45) is 1.90. The predicted molar refractivity (Wildman–Crippen MR) is 66.1 cm³/mol. The average molecular weight is 258 g/mol. The summed E-state index contributed by atoms with van der Waals surface area (Å²) in [5, 5.41) is 2.61. The van der Waals surface area contributed by atoms with Crippen molar-refractivity contribution in [1.29, 1.82) is 0 Å². The molecule has 1 rings (SSSR count). The molecule has 1 unspecified atom stereocenters. The average Bonchev–Trinajstić information content (AvgIpc) is 2.37. The summed E-state index contributed by atoms with van der Waals surface area (Å²) in [7, 11) is 3.28. The minimum Gasteiger partial charge on any atom is -0.467 e. The van der Waals surface area contributed by atoms with E-state index in [4.69, 9.17) is 9.47 Å². The molecule has 0 aromatic heterocycles. The quantitative estimate of drug-likeness (QED) is 0.690. The third-order valence-electron chi connectivity index (χ3n) is 3.15. The van der Waals surface area contributed by atoms with Gasteiger partial charge in [0.2, 0.25) is 5.91 Å². The van der Waals surface area contributed by atoms with E-state index < -0.39 is 12.0 Å². The summed E-state index contributed by atoms with van der Waals surface area (Å²) in [5.41, 5.74) is 0. The number of hydrogen-bond donors (Lipinski definition) is 1. The van der Waals surface area contributed by atoms with Crippen LogP contribution in [0.25, 0.3) is 0 Å². The number of nitrogens with zero attached hydrogens (tertiary/aromatic N) is 1. The topological polar surface area (TPSA) is 67.9 Å². The number of carbonyl (C=O) groups excluding carboxylic acids is 2. The summed E-state index contributed by atoms with van der Waals surface area (Å²) < 4.78 is 10.00. The number of carbonyl (C=O) groups is 2. The normalized spacial score (nSPS) is 18.4. The van der Waals surface area contributed by atoms with Crippen molar-refractivity contribution in [3.63, 3.8) is 0 Å². The molecule has 1 aliphatic rings. The lowest BCUT2D eigenvalue weighted by molar-refractivity contribution is -0.145. The van der Waals surface area contributed by atoms with Crippen LogP contribution in [-0.2, 0) is 19.1 Å². The van der Waals surface area contributed by atoms with Crippen molar-refractivity contribution < 1.29 is 19.1 Å². The van der Waals surface area contributed by atoms with Crippen molar-refractivity contribution in [2.45, 2.75) is 31.8 Å². The van der Waals surface area contributed by atoms with Crippen molar-refractivity contribution in [2.24, 2.45) is 0 Å². The molecule has 6 nitrogen and oxygen atoms in total. The molecule has 1 saturated heterocycles. The zero-order chi connectivity index (χ0) is 13.5. The maximum absolute atomic E-state index is 11.6. The second-order valence-electron chi connectivity index (χ2n) is 4.56. The fraction of sp³-hybridized carbons (Fsp3) is 0.833. The molecule has 0 bridgehead atoms. The number of likely N-dealkylation sites (N-methyl/N-ethyl adjacent to an activating group) is 1. The third kappa shape index (κ3) is 4.62. The van der Waals surface area contributed by atoms with Gasteiger partial charge in [0.1, 0.15) is 6.04 Å². The number of ether oxygens (including phenoxy) is 2. The molecule has 1 fully saturated rings. The minimum atomic E-state index is -0.611. The first-order chi connectivity index (χ1) is 8.54. The van der Waals surface area contributed by atoms with Gasteiger partial charge in [0.25, 0.3) is 0 Å². The second-order valence-corrected chi connectivity index (χ2v) is 4.56. The summed E-state index contributed by atoms with van der Waals surface area (Å²) in [4.78, 5) is 24.7. The number of rotatable bonds is 5. The molecule has 1 atom stereocenters. The Balaban J connectivity index is 2.52. The Bertz CT molecular complexity index is 290. The smallest absolute Gasteiger partial charge is 0.329 e. The van der Waals surface area contributed by atoms with Gasteiger partial charge >= 0.3 is 5.97 Å². The van der Waals surface area contributed by atoms with Crippen LogP contribution >= 0.6 is 0 Å². The van der Waals surface area contributed by atoms with E-state index in [-0.39, 0.29) is 5.91 Å². The first-order valence-corrected chi connectivity index (χ1v) is 6.17. The van der Waals surface area contributed by atoms with E-state index >= 15 is 0 Å². The minimum absolute atomic E-state index is 0.231. The first kappa shape index (κ1) is 14.9. The molecule has 0 aliphatic carbocycles. The third-order valence-corrected chi connectivity index (χ3v) is 3.15. The highest BCUT2D eigenvalue weighted by Gasteiger charge is 2.26. The molecular weight excluding hydrogens is 236 g/mol. The summed E-state index contributed by atoms with van der Waals surface area (Å²) in [5.74, 6) is -0.644. The van der Waals surface area contributed by atoms with Gasteiger partial charge in [0, 0.05) is 32.7 Å². The van der Waals surface area contributed by atoms with Gasteiger partial charge in [-0.2, -0.15) is 0 Å². The van der Waals surface area contributed by atoms with E-state index in [0.717, 1.165) is 26.1 Å². The zero-order valence-corrected chi connectivity index (χ0v) is 11.3. The Labute approximate surface area is 108 Å². The predicted octanol–water partition coefficient (Wildman–Crippen LogP) is -0.225. The highest BCUT2D eigenvalue weighted by Crippen LogP contribution is 2.13. The van der Waals surface area contributed by atoms with Crippen LogP contribution < -0.4 is 5.32 Å². The van der Waals surface area contributed by atoms with E-state index in [9.17, 15) is 9.59 Å². The molecule has 0 saturated carbocycles. The van der Waals surface area contributed by atoms with E-state index in [1.54, 1.807) is 0 Å². The van der Waals surface area contributed by atoms with Crippen LogP contribution in [0.2, 0.25) is 0 Å². The van der Waals surface area contributed by atoms with Crippen LogP contribution in [0.1, 0.15) is 19.8 Å². The van der Waals surface area contributed by atoms with E-state index in [2.05, 4.69) is 10.2 Å². The number of nitrogens with one attached hydrogen (secondary N) is 1. The molecular formula is C12H22N2O4. The molecule has 0 aromatic carbocycles. The zero-order valence-electron chi connectivity index (χ0n) is 11.3. The van der Waals surface area contributed by atoms with Crippen molar-refractivity contribution >= 4 is 11.9 Å². The van der Waals surface area contributed by atoms with Crippen LogP contribution in [0.3, 0.4) is 0 Å². The number of hydrogen-bond acceptors (Lipinski definition) is 5. The van der Waals surface area contributed by atoms with Crippen molar-refractivity contribution in [3.8, 4) is 0 Å². The van der Waals surface area contributed by atoms with Gasteiger partial charge in [-0.25, -0.2) is 4.79 Å². The van der Waals surface area contributed by atoms with Crippen molar-refractivity contribution in [1.82, 2.24) is 10.2 Å². The highest BCUT2D eigenvalue weighted by atomic mass is 16.5. The van der Waals surface area contributed by atoms with Gasteiger partial charge in [0.15, 0.2) is 0 Å². The molecule has 0 spiro atoms. The fourth-order valence-electron chi connectivity index (χ4n) is 2.13. The summed E-state index contributed by atoms with van der Waals surface area (Å²) in [6, 6.07) is -0.222. The Morgan fingerprint density at radius 3 is 2.56 bits per heavy atom. The van der Waals surface area contributed by atoms with Crippen LogP contribution in [-0.4, -0.2) is 62.8 Å². The molecule has 1 amide bonds. The Morgan fingerprint density at radius 1 is 1.44 bits per heavy atom. The standard InChI is InChI=1S/C12H22N2O4/c1-9(15)13-11(12(16)17-3)8-14(2)10-4-6-18-7-5-10/h10-11H,4-8H2,1-3H3,(H,13,15). The Morgan fingerprint density at radius 2 is 2.06 bits per heavy atom. The van der Waals surface area contributed by atoms with Gasteiger partial charge in [0.05, 0.1) is 7.11 Å². The molecule has 18 heavy (non-hydrogen) atoms. The van der Waals surface area contributed by atoms with Gasteiger partial charge in [-0.15, -0.1) is 0 Å². The lowest BCUT2D eigenvalue weighted by atomic mass is 10.1.